The van der Waals surface area contributed by atoms with E-state index in [1.165, 1.54) is 15.6 Å². The van der Waals surface area contributed by atoms with Crippen LogP contribution in [0.1, 0.15) is 19.8 Å². The number of aromatic nitrogens is 2. The Morgan fingerprint density at radius 2 is 2.40 bits per heavy atom. The topological polar surface area (TPSA) is 92.7 Å². The number of imidazole rings is 1. The smallest absolute Gasteiger partial charge is 0.262 e. The average molecular weight is 315 g/mol. The van der Waals surface area contributed by atoms with Gasteiger partial charge in [-0.25, -0.2) is 14.3 Å². The number of anilines is 1. The minimum atomic E-state index is -3.58. The predicted molar refractivity (Wildman–Crippen MR) is 78.0 cm³/mol. The molecular formula is C11H17N5O2S2. The maximum Gasteiger partial charge on any atom is 0.262 e. The van der Waals surface area contributed by atoms with Crippen LogP contribution in [0.4, 0.5) is 5.82 Å². The van der Waals surface area contributed by atoms with E-state index in [1.807, 2.05) is 0 Å². The number of sulfonamides is 1. The lowest BCUT2D eigenvalue weighted by molar-refractivity contribution is 0.450. The van der Waals surface area contributed by atoms with Gasteiger partial charge >= 0.3 is 0 Å². The fraction of sp³-hybridized carbons (Fsp3) is 0.545. The molecule has 0 amide bonds. The number of nitrogens with one attached hydrogen (secondary N) is 1. The van der Waals surface area contributed by atoms with Crippen molar-refractivity contribution in [3.8, 4) is 0 Å². The van der Waals surface area contributed by atoms with Gasteiger partial charge in [0.25, 0.3) is 10.0 Å². The van der Waals surface area contributed by atoms with Gasteiger partial charge in [-0.15, -0.1) is 11.3 Å². The van der Waals surface area contributed by atoms with Crippen LogP contribution < -0.4 is 11.3 Å². The van der Waals surface area contributed by atoms with Crippen molar-refractivity contribution in [2.75, 3.05) is 18.5 Å². The predicted octanol–water partition coefficient (Wildman–Crippen LogP) is 1.10. The molecule has 1 aliphatic rings. The molecule has 2 aromatic heterocycles. The first kappa shape index (κ1) is 13.8. The summed E-state index contributed by atoms with van der Waals surface area (Å²) < 4.78 is 28.8. The number of hydrazine groups is 1. The Bertz CT molecular complexity index is 720. The number of nitrogen functional groups attached to an aromatic ring is 1. The molecular weight excluding hydrogens is 298 g/mol. The van der Waals surface area contributed by atoms with Crippen molar-refractivity contribution in [3.63, 3.8) is 0 Å². The standard InChI is InChI=1S/C11H17N5O2S2/c1-2-8-3-4-15(7-8)20(17,18)10-9(14-12)13-11-16(10)5-6-19-11/h5-6,8,14H,2-4,7,12H2,1H3. The zero-order chi connectivity index (χ0) is 14.3. The highest BCUT2D eigenvalue weighted by Crippen LogP contribution is 2.31. The fourth-order valence-electron chi connectivity index (χ4n) is 2.58. The third kappa shape index (κ3) is 2.01. The highest BCUT2D eigenvalue weighted by Gasteiger charge is 2.36. The minimum Gasteiger partial charge on any atom is -0.306 e. The fourth-order valence-corrected chi connectivity index (χ4v) is 5.09. The van der Waals surface area contributed by atoms with Gasteiger partial charge in [0.2, 0.25) is 5.03 Å². The lowest BCUT2D eigenvalue weighted by atomic mass is 10.1. The first-order valence-electron chi connectivity index (χ1n) is 6.50. The van der Waals surface area contributed by atoms with E-state index in [1.54, 1.807) is 16.0 Å². The summed E-state index contributed by atoms with van der Waals surface area (Å²) in [6, 6.07) is 0. The maximum absolute atomic E-state index is 12.8. The molecule has 0 aromatic carbocycles. The number of fused-ring (bicyclic) bond motifs is 1. The lowest BCUT2D eigenvalue weighted by Gasteiger charge is -2.16. The van der Waals surface area contributed by atoms with Crippen LogP contribution >= 0.6 is 11.3 Å². The summed E-state index contributed by atoms with van der Waals surface area (Å²) >= 11 is 1.37. The van der Waals surface area contributed by atoms with E-state index < -0.39 is 10.0 Å². The number of thiazole rings is 1. The molecule has 1 saturated heterocycles. The Labute approximate surface area is 121 Å². The molecule has 0 saturated carbocycles. The van der Waals surface area contributed by atoms with Crippen LogP contribution in [-0.2, 0) is 10.0 Å². The van der Waals surface area contributed by atoms with Crippen molar-refractivity contribution in [3.05, 3.63) is 11.6 Å². The molecule has 0 spiro atoms. The average Bonchev–Trinajstić information content (AvgIpc) is 3.12. The summed E-state index contributed by atoms with van der Waals surface area (Å²) in [5.41, 5.74) is 2.39. The molecule has 0 aliphatic carbocycles. The minimum absolute atomic E-state index is 0.132. The van der Waals surface area contributed by atoms with Gasteiger partial charge in [-0.2, -0.15) is 9.29 Å². The lowest BCUT2D eigenvalue weighted by Crippen LogP contribution is -2.30. The van der Waals surface area contributed by atoms with Crippen LogP contribution in [0.5, 0.6) is 0 Å². The van der Waals surface area contributed by atoms with E-state index in [0.717, 1.165) is 12.8 Å². The monoisotopic (exact) mass is 315 g/mol. The molecule has 1 fully saturated rings. The normalized spacial score (nSPS) is 20.8. The second-order valence-corrected chi connectivity index (χ2v) is 7.62. The molecule has 3 rings (SSSR count). The molecule has 2 aromatic rings. The van der Waals surface area contributed by atoms with Crippen LogP contribution in [0, 0.1) is 5.92 Å². The van der Waals surface area contributed by atoms with Gasteiger partial charge in [0.15, 0.2) is 10.8 Å². The number of nitrogens with two attached hydrogens (primary N) is 1. The first-order chi connectivity index (χ1) is 9.57. The first-order valence-corrected chi connectivity index (χ1v) is 8.82. The second-order valence-electron chi connectivity index (χ2n) is 4.89. The van der Waals surface area contributed by atoms with Crippen LogP contribution in [0.3, 0.4) is 0 Å². The van der Waals surface area contributed by atoms with E-state index in [4.69, 9.17) is 5.84 Å². The molecule has 3 N–H and O–H groups in total. The van der Waals surface area contributed by atoms with Crippen LogP contribution in [-0.4, -0.2) is 35.2 Å². The molecule has 3 heterocycles. The van der Waals surface area contributed by atoms with Crippen molar-refractivity contribution in [2.24, 2.45) is 11.8 Å². The van der Waals surface area contributed by atoms with Crippen LogP contribution in [0.25, 0.3) is 4.96 Å². The van der Waals surface area contributed by atoms with Crippen LogP contribution in [0.15, 0.2) is 16.6 Å². The highest BCUT2D eigenvalue weighted by atomic mass is 32.2. The number of hydrogen-bond donors (Lipinski definition) is 2. The van der Waals surface area contributed by atoms with E-state index in [2.05, 4.69) is 17.3 Å². The molecule has 7 nitrogen and oxygen atoms in total. The van der Waals surface area contributed by atoms with Crippen molar-refractivity contribution >= 4 is 32.1 Å². The Kier molecular flexibility index (Phi) is 3.44. The quantitative estimate of drug-likeness (QED) is 0.651. The van der Waals surface area contributed by atoms with Gasteiger partial charge in [-0.05, 0) is 12.3 Å². The Hall–Kier alpha value is -1.16. The van der Waals surface area contributed by atoms with Crippen molar-refractivity contribution in [1.29, 1.82) is 0 Å². The summed E-state index contributed by atoms with van der Waals surface area (Å²) in [5, 5.41) is 1.94. The van der Waals surface area contributed by atoms with Gasteiger partial charge in [0, 0.05) is 24.7 Å². The molecule has 0 bridgehead atoms. The zero-order valence-electron chi connectivity index (χ0n) is 11.1. The van der Waals surface area contributed by atoms with Gasteiger partial charge < -0.3 is 5.43 Å². The van der Waals surface area contributed by atoms with Gasteiger partial charge in [-0.1, -0.05) is 13.3 Å². The molecule has 1 unspecified atom stereocenters. The Morgan fingerprint density at radius 3 is 3.05 bits per heavy atom. The van der Waals surface area contributed by atoms with Gasteiger partial charge in [0.05, 0.1) is 0 Å². The largest absolute Gasteiger partial charge is 0.306 e. The third-order valence-corrected chi connectivity index (χ3v) is 6.41. The number of hydrogen-bond acceptors (Lipinski definition) is 6. The van der Waals surface area contributed by atoms with Crippen molar-refractivity contribution < 1.29 is 8.42 Å². The van der Waals surface area contributed by atoms with E-state index in [-0.39, 0.29) is 10.8 Å². The maximum atomic E-state index is 12.8. The summed E-state index contributed by atoms with van der Waals surface area (Å²) in [6.07, 6.45) is 3.61. The van der Waals surface area contributed by atoms with E-state index in [0.29, 0.717) is 24.0 Å². The molecule has 1 atom stereocenters. The van der Waals surface area contributed by atoms with Gasteiger partial charge in [-0.3, -0.25) is 4.40 Å². The van der Waals surface area contributed by atoms with E-state index >= 15 is 0 Å². The SMILES string of the molecule is CCC1CCN(S(=O)(=O)c2c(NN)nc3sccn23)C1. The number of rotatable bonds is 4. The van der Waals surface area contributed by atoms with Crippen LogP contribution in [0.2, 0.25) is 0 Å². The molecule has 0 radical (unpaired) electrons. The molecule has 20 heavy (non-hydrogen) atoms. The molecule has 110 valence electrons. The zero-order valence-corrected chi connectivity index (χ0v) is 12.7. The Morgan fingerprint density at radius 1 is 1.60 bits per heavy atom. The molecule has 9 heteroatoms. The van der Waals surface area contributed by atoms with Crippen molar-refractivity contribution in [1.82, 2.24) is 13.7 Å². The summed E-state index contributed by atoms with van der Waals surface area (Å²) in [4.78, 5) is 4.82. The van der Waals surface area contributed by atoms with Gasteiger partial charge in [0.1, 0.15) is 0 Å². The Balaban J connectivity index is 2.07. The molecule has 1 aliphatic heterocycles. The second kappa shape index (κ2) is 4.99. The van der Waals surface area contributed by atoms with E-state index in [9.17, 15) is 8.42 Å². The third-order valence-electron chi connectivity index (χ3n) is 3.77. The number of nitrogens with zero attached hydrogens (tertiary/aromatic N) is 3. The summed E-state index contributed by atoms with van der Waals surface area (Å²) in [6.45, 7) is 3.21. The highest BCUT2D eigenvalue weighted by molar-refractivity contribution is 7.89. The summed E-state index contributed by atoms with van der Waals surface area (Å²) in [7, 11) is -3.58. The summed E-state index contributed by atoms with van der Waals surface area (Å²) in [5.74, 6) is 6.06. The van der Waals surface area contributed by atoms with Crippen molar-refractivity contribution in [2.45, 2.75) is 24.8 Å².